The number of aliphatic hydroxyl groups is 1. The van der Waals surface area contributed by atoms with Gasteiger partial charge in [0.25, 0.3) is 0 Å². The fourth-order valence-corrected chi connectivity index (χ4v) is 4.01. The molecule has 0 bridgehead atoms. The lowest BCUT2D eigenvalue weighted by molar-refractivity contribution is 0.0896. The summed E-state index contributed by atoms with van der Waals surface area (Å²) in [6.45, 7) is 4.96. The number of aliphatic hydroxyl groups excluding tert-OH is 1. The van der Waals surface area contributed by atoms with Gasteiger partial charge in [-0.1, -0.05) is 37.3 Å². The largest absolute Gasteiger partial charge is 0.392 e. The number of sulfonamides is 1. The Morgan fingerprint density at radius 2 is 1.76 bits per heavy atom. The summed E-state index contributed by atoms with van der Waals surface area (Å²) in [4.78, 5) is 2.13. The first-order valence-corrected chi connectivity index (χ1v) is 9.04. The van der Waals surface area contributed by atoms with Gasteiger partial charge in [-0.3, -0.25) is 4.90 Å². The zero-order valence-corrected chi connectivity index (χ0v) is 13.3. The number of piperazine rings is 1. The normalized spacial score (nSPS) is 19.5. The van der Waals surface area contributed by atoms with E-state index >= 15 is 0 Å². The van der Waals surface area contributed by atoms with Gasteiger partial charge in [0.05, 0.1) is 11.9 Å². The molecule has 1 aliphatic rings. The van der Waals surface area contributed by atoms with Gasteiger partial charge in [0, 0.05) is 32.7 Å². The SMILES string of the molecule is CC[C@H](O)CN1CCN(S(=O)(=O)Cc2ccccc2)CC1. The van der Waals surface area contributed by atoms with Crippen LogP contribution in [0, 0.1) is 0 Å². The van der Waals surface area contributed by atoms with E-state index < -0.39 is 10.0 Å². The van der Waals surface area contributed by atoms with E-state index in [-0.39, 0.29) is 11.9 Å². The zero-order chi connectivity index (χ0) is 15.3. The van der Waals surface area contributed by atoms with Crippen LogP contribution in [-0.2, 0) is 15.8 Å². The van der Waals surface area contributed by atoms with Gasteiger partial charge >= 0.3 is 0 Å². The van der Waals surface area contributed by atoms with E-state index in [0.717, 1.165) is 12.0 Å². The molecule has 1 aliphatic heterocycles. The predicted molar refractivity (Wildman–Crippen MR) is 83.4 cm³/mol. The van der Waals surface area contributed by atoms with Crippen LogP contribution in [0.15, 0.2) is 30.3 Å². The van der Waals surface area contributed by atoms with Gasteiger partial charge < -0.3 is 5.11 Å². The summed E-state index contributed by atoms with van der Waals surface area (Å²) in [5, 5.41) is 9.66. The summed E-state index contributed by atoms with van der Waals surface area (Å²) >= 11 is 0. The smallest absolute Gasteiger partial charge is 0.218 e. The van der Waals surface area contributed by atoms with Crippen LogP contribution in [0.25, 0.3) is 0 Å². The molecule has 5 nitrogen and oxygen atoms in total. The lowest BCUT2D eigenvalue weighted by Gasteiger charge is -2.34. The Labute approximate surface area is 127 Å². The summed E-state index contributed by atoms with van der Waals surface area (Å²) in [7, 11) is -3.25. The molecule has 6 heteroatoms. The van der Waals surface area contributed by atoms with Crippen LogP contribution in [-0.4, -0.2) is 61.6 Å². The number of hydrogen-bond donors (Lipinski definition) is 1. The summed E-state index contributed by atoms with van der Waals surface area (Å²) in [6.07, 6.45) is 0.407. The molecule has 1 atom stereocenters. The molecule has 0 aliphatic carbocycles. The Hall–Kier alpha value is -0.950. The fourth-order valence-electron chi connectivity index (χ4n) is 2.49. The van der Waals surface area contributed by atoms with Gasteiger partial charge in [0.1, 0.15) is 0 Å². The van der Waals surface area contributed by atoms with Crippen molar-refractivity contribution >= 4 is 10.0 Å². The quantitative estimate of drug-likeness (QED) is 0.848. The van der Waals surface area contributed by atoms with Crippen molar-refractivity contribution in [3.8, 4) is 0 Å². The van der Waals surface area contributed by atoms with Crippen LogP contribution >= 0.6 is 0 Å². The molecule has 2 rings (SSSR count). The van der Waals surface area contributed by atoms with Crippen LogP contribution in [0.4, 0.5) is 0 Å². The minimum Gasteiger partial charge on any atom is -0.392 e. The Kier molecular flexibility index (Phi) is 5.75. The first-order chi connectivity index (χ1) is 10.0. The molecule has 1 heterocycles. The number of benzene rings is 1. The molecule has 0 aromatic heterocycles. The molecule has 1 aromatic carbocycles. The molecular weight excluding hydrogens is 288 g/mol. The lowest BCUT2D eigenvalue weighted by atomic mass is 10.2. The van der Waals surface area contributed by atoms with Crippen LogP contribution < -0.4 is 0 Å². The molecule has 1 N–H and O–H groups in total. The highest BCUT2D eigenvalue weighted by Crippen LogP contribution is 2.14. The van der Waals surface area contributed by atoms with E-state index in [0.29, 0.717) is 32.7 Å². The van der Waals surface area contributed by atoms with Crippen molar-refractivity contribution in [2.45, 2.75) is 25.2 Å². The van der Waals surface area contributed by atoms with Crippen molar-refractivity contribution in [1.82, 2.24) is 9.21 Å². The van der Waals surface area contributed by atoms with Gasteiger partial charge in [-0.15, -0.1) is 0 Å². The van der Waals surface area contributed by atoms with Crippen LogP contribution in [0.5, 0.6) is 0 Å². The maximum absolute atomic E-state index is 12.4. The van der Waals surface area contributed by atoms with E-state index in [2.05, 4.69) is 4.90 Å². The fraction of sp³-hybridized carbons (Fsp3) is 0.600. The van der Waals surface area contributed by atoms with E-state index in [1.54, 1.807) is 4.31 Å². The molecular formula is C15H24N2O3S. The highest BCUT2D eigenvalue weighted by molar-refractivity contribution is 7.88. The Bertz CT molecular complexity index is 525. The second kappa shape index (κ2) is 7.35. The topological polar surface area (TPSA) is 60.9 Å². The molecule has 21 heavy (non-hydrogen) atoms. The molecule has 1 saturated heterocycles. The molecule has 1 aromatic rings. The second-order valence-corrected chi connectivity index (χ2v) is 7.47. The summed E-state index contributed by atoms with van der Waals surface area (Å²) in [6, 6.07) is 9.27. The highest BCUT2D eigenvalue weighted by atomic mass is 32.2. The van der Waals surface area contributed by atoms with Crippen LogP contribution in [0.3, 0.4) is 0 Å². The maximum Gasteiger partial charge on any atom is 0.218 e. The van der Waals surface area contributed by atoms with Crippen molar-refractivity contribution in [3.05, 3.63) is 35.9 Å². The van der Waals surface area contributed by atoms with Crippen LogP contribution in [0.1, 0.15) is 18.9 Å². The molecule has 1 fully saturated rings. The first-order valence-electron chi connectivity index (χ1n) is 7.43. The Balaban J connectivity index is 1.89. The van der Waals surface area contributed by atoms with Crippen molar-refractivity contribution in [2.24, 2.45) is 0 Å². The van der Waals surface area contributed by atoms with Gasteiger partial charge in [0.2, 0.25) is 10.0 Å². The van der Waals surface area contributed by atoms with Crippen molar-refractivity contribution in [3.63, 3.8) is 0 Å². The van der Waals surface area contributed by atoms with Crippen molar-refractivity contribution in [2.75, 3.05) is 32.7 Å². The van der Waals surface area contributed by atoms with Crippen molar-refractivity contribution in [1.29, 1.82) is 0 Å². The standard InChI is InChI=1S/C15H24N2O3S/c1-2-15(18)12-16-8-10-17(11-9-16)21(19,20)13-14-6-4-3-5-7-14/h3-7,15,18H,2,8-13H2,1H3/t15-/m0/s1. The average Bonchev–Trinajstić information content (AvgIpc) is 2.48. The summed E-state index contributed by atoms with van der Waals surface area (Å²) < 4.78 is 26.4. The third kappa shape index (κ3) is 4.78. The van der Waals surface area contributed by atoms with E-state index in [9.17, 15) is 13.5 Å². The van der Waals surface area contributed by atoms with Gasteiger partial charge in [-0.05, 0) is 12.0 Å². The number of nitrogens with zero attached hydrogens (tertiary/aromatic N) is 2. The highest BCUT2D eigenvalue weighted by Gasteiger charge is 2.27. The molecule has 0 spiro atoms. The number of β-amino-alcohol motifs (C(OH)–C–C–N with tert-alkyl or cyclic N) is 1. The number of rotatable bonds is 6. The van der Waals surface area contributed by atoms with E-state index in [4.69, 9.17) is 0 Å². The average molecular weight is 312 g/mol. The molecule has 118 valence electrons. The van der Waals surface area contributed by atoms with Gasteiger partial charge in [-0.2, -0.15) is 4.31 Å². The monoisotopic (exact) mass is 312 g/mol. The first kappa shape index (κ1) is 16.4. The zero-order valence-electron chi connectivity index (χ0n) is 12.5. The third-order valence-electron chi connectivity index (χ3n) is 3.86. The lowest BCUT2D eigenvalue weighted by Crippen LogP contribution is -2.50. The Morgan fingerprint density at radius 3 is 2.33 bits per heavy atom. The van der Waals surface area contributed by atoms with Gasteiger partial charge in [-0.25, -0.2) is 8.42 Å². The predicted octanol–water partition coefficient (Wildman–Crippen LogP) is 0.905. The molecule has 0 radical (unpaired) electrons. The maximum atomic E-state index is 12.4. The molecule has 0 saturated carbocycles. The second-order valence-electron chi connectivity index (χ2n) is 5.50. The van der Waals surface area contributed by atoms with Crippen molar-refractivity contribution < 1.29 is 13.5 Å². The molecule has 0 amide bonds. The van der Waals surface area contributed by atoms with E-state index in [1.807, 2.05) is 37.3 Å². The third-order valence-corrected chi connectivity index (χ3v) is 5.71. The van der Waals surface area contributed by atoms with Crippen LogP contribution in [0.2, 0.25) is 0 Å². The minimum absolute atomic E-state index is 0.0609. The molecule has 0 unspecified atom stereocenters. The van der Waals surface area contributed by atoms with Gasteiger partial charge in [0.15, 0.2) is 0 Å². The minimum atomic E-state index is -3.25. The summed E-state index contributed by atoms with van der Waals surface area (Å²) in [5.41, 5.74) is 0.821. The Morgan fingerprint density at radius 1 is 1.14 bits per heavy atom. The number of hydrogen-bond acceptors (Lipinski definition) is 4. The van der Waals surface area contributed by atoms with E-state index in [1.165, 1.54) is 0 Å². The summed E-state index contributed by atoms with van der Waals surface area (Å²) in [5.74, 6) is 0.0609.